The third-order valence-electron chi connectivity index (χ3n) is 2.30. The Kier molecular flexibility index (Phi) is 1.83. The molecule has 0 unspecified atom stereocenters. The van der Waals surface area contributed by atoms with Crippen molar-refractivity contribution in [1.29, 1.82) is 0 Å². The Morgan fingerprint density at radius 3 is 2.81 bits per heavy atom. The third-order valence-corrected chi connectivity index (χ3v) is 2.30. The Morgan fingerprint density at radius 2 is 2.00 bits per heavy atom. The lowest BCUT2D eigenvalue weighted by Crippen LogP contribution is -1.86. The lowest BCUT2D eigenvalue weighted by atomic mass is 10.1. The van der Waals surface area contributed by atoms with E-state index >= 15 is 0 Å². The first kappa shape index (κ1) is 8.84. The summed E-state index contributed by atoms with van der Waals surface area (Å²) in [5.41, 5.74) is 8.64. The van der Waals surface area contributed by atoms with Crippen molar-refractivity contribution in [2.75, 3.05) is 5.73 Å². The van der Waals surface area contributed by atoms with Gasteiger partial charge in [0.25, 0.3) is 0 Å². The Labute approximate surface area is 90.9 Å². The third kappa shape index (κ3) is 1.30. The number of nitrogen functional groups attached to an aromatic ring is 1. The number of nitrogens with two attached hydrogens (primary N) is 1. The van der Waals surface area contributed by atoms with Crippen LogP contribution in [0.3, 0.4) is 0 Å². The predicted molar refractivity (Wildman–Crippen MR) is 59.4 cm³/mol. The highest BCUT2D eigenvalue weighted by atomic mass is 16.5. The van der Waals surface area contributed by atoms with Crippen LogP contribution in [0.1, 0.15) is 0 Å². The number of fused-ring (bicyclic) bond motifs is 1. The lowest BCUT2D eigenvalue weighted by Gasteiger charge is -2.00. The molecule has 3 aromatic rings. The molecule has 5 nitrogen and oxygen atoms in total. The van der Waals surface area contributed by atoms with Gasteiger partial charge in [-0.05, 0) is 6.07 Å². The number of para-hydroxylation sites is 1. The van der Waals surface area contributed by atoms with Crippen LogP contribution in [0.25, 0.3) is 22.3 Å². The molecule has 0 atom stereocenters. The molecule has 1 aromatic carbocycles. The number of nitrogens with zero attached hydrogens (tertiary/aromatic N) is 3. The molecule has 0 aliphatic rings. The van der Waals surface area contributed by atoms with E-state index in [1.807, 2.05) is 18.2 Å². The van der Waals surface area contributed by atoms with E-state index in [4.69, 9.17) is 10.3 Å². The molecule has 0 aliphatic heterocycles. The maximum atomic E-state index is 5.49. The second-order valence-electron chi connectivity index (χ2n) is 3.34. The van der Waals surface area contributed by atoms with E-state index in [2.05, 4.69) is 15.1 Å². The molecule has 0 bridgehead atoms. The van der Waals surface area contributed by atoms with Gasteiger partial charge in [-0.3, -0.25) is 9.97 Å². The first-order valence-electron chi connectivity index (χ1n) is 4.77. The summed E-state index contributed by atoms with van der Waals surface area (Å²) in [6, 6.07) is 7.38. The lowest BCUT2D eigenvalue weighted by molar-refractivity contribution is 0.439. The summed E-state index contributed by atoms with van der Waals surface area (Å²) in [4.78, 5) is 8.50. The zero-order valence-corrected chi connectivity index (χ0v) is 8.29. The van der Waals surface area contributed by atoms with Crippen molar-refractivity contribution in [3.05, 3.63) is 36.7 Å². The number of aromatic nitrogens is 3. The fourth-order valence-corrected chi connectivity index (χ4v) is 1.62. The molecule has 0 spiro atoms. The molecule has 0 radical (unpaired) electrons. The van der Waals surface area contributed by atoms with Gasteiger partial charge in [-0.15, -0.1) is 0 Å². The number of rotatable bonds is 1. The molecule has 2 N–H and O–H groups in total. The summed E-state index contributed by atoms with van der Waals surface area (Å²) in [6.45, 7) is 0. The van der Waals surface area contributed by atoms with Gasteiger partial charge in [-0.1, -0.05) is 17.3 Å². The zero-order valence-electron chi connectivity index (χ0n) is 8.29. The Hall–Kier alpha value is -2.43. The Balaban J connectivity index is 2.31. The van der Waals surface area contributed by atoms with Crippen LogP contribution < -0.4 is 5.73 Å². The molecular formula is C11H8N4O. The number of anilines is 1. The SMILES string of the molecule is Nc1cc(-c2cccc3nccnc23)no1. The Bertz CT molecular complexity index is 642. The van der Waals surface area contributed by atoms with Crippen LogP contribution in [0.4, 0.5) is 5.88 Å². The highest BCUT2D eigenvalue weighted by Gasteiger charge is 2.09. The van der Waals surface area contributed by atoms with Gasteiger partial charge in [0.05, 0.1) is 11.0 Å². The monoisotopic (exact) mass is 212 g/mol. The van der Waals surface area contributed by atoms with Crippen molar-refractivity contribution >= 4 is 16.9 Å². The highest BCUT2D eigenvalue weighted by molar-refractivity contribution is 5.90. The average molecular weight is 212 g/mol. The zero-order chi connectivity index (χ0) is 11.0. The van der Waals surface area contributed by atoms with Crippen molar-refractivity contribution < 1.29 is 4.52 Å². The van der Waals surface area contributed by atoms with Crippen LogP contribution >= 0.6 is 0 Å². The van der Waals surface area contributed by atoms with Crippen molar-refractivity contribution in [3.8, 4) is 11.3 Å². The van der Waals surface area contributed by atoms with Crippen LogP contribution in [-0.4, -0.2) is 15.1 Å². The van der Waals surface area contributed by atoms with E-state index in [0.717, 1.165) is 16.6 Å². The van der Waals surface area contributed by atoms with Gasteiger partial charge in [-0.2, -0.15) is 0 Å². The van der Waals surface area contributed by atoms with Gasteiger partial charge >= 0.3 is 0 Å². The van der Waals surface area contributed by atoms with Crippen molar-refractivity contribution in [2.24, 2.45) is 0 Å². The van der Waals surface area contributed by atoms with Crippen molar-refractivity contribution in [3.63, 3.8) is 0 Å². The summed E-state index contributed by atoms with van der Waals surface area (Å²) in [5, 5.41) is 3.87. The minimum Gasteiger partial charge on any atom is -0.368 e. The summed E-state index contributed by atoms with van der Waals surface area (Å²) in [5.74, 6) is 0.288. The summed E-state index contributed by atoms with van der Waals surface area (Å²) in [6.07, 6.45) is 3.30. The topological polar surface area (TPSA) is 77.8 Å². The smallest absolute Gasteiger partial charge is 0.222 e. The quantitative estimate of drug-likeness (QED) is 0.666. The van der Waals surface area contributed by atoms with Crippen LogP contribution in [0, 0.1) is 0 Å². The van der Waals surface area contributed by atoms with Gasteiger partial charge in [0.15, 0.2) is 0 Å². The molecule has 0 saturated carbocycles. The summed E-state index contributed by atoms with van der Waals surface area (Å²) < 4.78 is 4.85. The van der Waals surface area contributed by atoms with Crippen LogP contribution in [0.15, 0.2) is 41.2 Å². The number of benzene rings is 1. The second kappa shape index (κ2) is 3.30. The van der Waals surface area contributed by atoms with E-state index in [1.54, 1.807) is 18.5 Å². The van der Waals surface area contributed by atoms with E-state index in [0.29, 0.717) is 5.69 Å². The van der Waals surface area contributed by atoms with Crippen LogP contribution in [0.2, 0.25) is 0 Å². The molecule has 3 rings (SSSR count). The van der Waals surface area contributed by atoms with Gasteiger partial charge in [0.1, 0.15) is 5.69 Å². The minimum absolute atomic E-state index is 0.288. The molecule has 0 aliphatic carbocycles. The highest BCUT2D eigenvalue weighted by Crippen LogP contribution is 2.25. The summed E-state index contributed by atoms with van der Waals surface area (Å²) in [7, 11) is 0. The maximum Gasteiger partial charge on any atom is 0.222 e. The Morgan fingerprint density at radius 1 is 1.12 bits per heavy atom. The second-order valence-corrected chi connectivity index (χ2v) is 3.34. The fraction of sp³-hybridized carbons (Fsp3) is 0. The van der Waals surface area contributed by atoms with Crippen molar-refractivity contribution in [2.45, 2.75) is 0 Å². The first-order valence-corrected chi connectivity index (χ1v) is 4.77. The van der Waals surface area contributed by atoms with Crippen LogP contribution in [-0.2, 0) is 0 Å². The average Bonchev–Trinajstić information content (AvgIpc) is 2.75. The molecule has 0 saturated heterocycles. The van der Waals surface area contributed by atoms with Crippen molar-refractivity contribution in [1.82, 2.24) is 15.1 Å². The maximum absolute atomic E-state index is 5.49. The molecule has 0 fully saturated rings. The minimum atomic E-state index is 0.288. The van der Waals surface area contributed by atoms with Gasteiger partial charge in [0.2, 0.25) is 5.88 Å². The first-order chi connectivity index (χ1) is 7.84. The normalized spacial score (nSPS) is 10.8. The van der Waals surface area contributed by atoms with Crippen LogP contribution in [0.5, 0.6) is 0 Å². The molecule has 2 heterocycles. The predicted octanol–water partition coefficient (Wildman–Crippen LogP) is 1.87. The molecular weight excluding hydrogens is 204 g/mol. The van der Waals surface area contributed by atoms with E-state index in [-0.39, 0.29) is 5.88 Å². The molecule has 16 heavy (non-hydrogen) atoms. The van der Waals surface area contributed by atoms with Gasteiger partial charge in [-0.25, -0.2) is 0 Å². The fourth-order valence-electron chi connectivity index (χ4n) is 1.62. The van der Waals surface area contributed by atoms with Gasteiger partial charge < -0.3 is 10.3 Å². The molecule has 5 heteroatoms. The molecule has 78 valence electrons. The van der Waals surface area contributed by atoms with E-state index in [9.17, 15) is 0 Å². The molecule has 0 amide bonds. The molecule has 2 aromatic heterocycles. The van der Waals surface area contributed by atoms with Gasteiger partial charge in [0, 0.05) is 24.0 Å². The largest absolute Gasteiger partial charge is 0.368 e. The van der Waals surface area contributed by atoms with E-state index in [1.165, 1.54) is 0 Å². The van der Waals surface area contributed by atoms with E-state index < -0.39 is 0 Å². The standard InChI is InChI=1S/C11H8N4O/c12-10-6-9(15-16-10)7-2-1-3-8-11(7)14-5-4-13-8/h1-6H,12H2. The summed E-state index contributed by atoms with van der Waals surface area (Å²) >= 11 is 0. The number of hydrogen-bond donors (Lipinski definition) is 1. The number of hydrogen-bond acceptors (Lipinski definition) is 5.